The van der Waals surface area contributed by atoms with Crippen molar-refractivity contribution < 1.29 is 17.6 Å². The van der Waals surface area contributed by atoms with Crippen LogP contribution in [0.2, 0.25) is 0 Å². The molecule has 2 aromatic rings. The van der Waals surface area contributed by atoms with E-state index in [1.54, 1.807) is 18.2 Å². The van der Waals surface area contributed by atoms with Crippen LogP contribution >= 0.6 is 0 Å². The van der Waals surface area contributed by atoms with Gasteiger partial charge in [0.1, 0.15) is 5.82 Å². The zero-order valence-electron chi connectivity index (χ0n) is 11.2. The Morgan fingerprint density at radius 1 is 1.05 bits per heavy atom. The highest BCUT2D eigenvalue weighted by atomic mass is 19.4. The molecule has 0 aliphatic rings. The lowest BCUT2D eigenvalue weighted by atomic mass is 9.96. The molecule has 112 valence electrons. The van der Waals surface area contributed by atoms with Gasteiger partial charge in [0, 0.05) is 0 Å². The van der Waals surface area contributed by atoms with Crippen LogP contribution in [0, 0.1) is 12.7 Å². The van der Waals surface area contributed by atoms with Crippen LogP contribution in [-0.2, 0) is 6.18 Å². The molecule has 0 fully saturated rings. The number of halogens is 4. The largest absolute Gasteiger partial charge is 0.419 e. The van der Waals surface area contributed by atoms with E-state index in [1.165, 1.54) is 6.07 Å². The van der Waals surface area contributed by atoms with Crippen molar-refractivity contribution in [1.29, 1.82) is 0 Å². The summed E-state index contributed by atoms with van der Waals surface area (Å²) in [7, 11) is 0. The molecule has 0 amide bonds. The van der Waals surface area contributed by atoms with Gasteiger partial charge in [0.25, 0.3) is 0 Å². The van der Waals surface area contributed by atoms with E-state index in [-0.39, 0.29) is 5.56 Å². The van der Waals surface area contributed by atoms with Crippen LogP contribution in [0.25, 0.3) is 0 Å². The molecule has 0 saturated heterocycles. The minimum absolute atomic E-state index is 0.247. The summed E-state index contributed by atoms with van der Waals surface area (Å²) < 4.78 is 51.6. The number of benzene rings is 2. The number of rotatable bonds is 3. The Morgan fingerprint density at radius 2 is 1.71 bits per heavy atom. The van der Waals surface area contributed by atoms with Gasteiger partial charge in [-0.25, -0.2) is 9.82 Å². The number of hydrazine groups is 1. The van der Waals surface area contributed by atoms with Gasteiger partial charge in [0.05, 0.1) is 11.6 Å². The first-order chi connectivity index (χ1) is 9.82. The van der Waals surface area contributed by atoms with E-state index in [9.17, 15) is 17.6 Å². The molecule has 2 rings (SSSR count). The number of nitrogens with one attached hydrogen (secondary N) is 1. The van der Waals surface area contributed by atoms with Gasteiger partial charge in [0.15, 0.2) is 0 Å². The normalized spacial score (nSPS) is 13.2. The van der Waals surface area contributed by atoms with Gasteiger partial charge in [-0.3, -0.25) is 5.84 Å². The lowest BCUT2D eigenvalue weighted by Gasteiger charge is -2.19. The second-order valence-electron chi connectivity index (χ2n) is 4.75. The predicted molar refractivity (Wildman–Crippen MR) is 71.7 cm³/mol. The summed E-state index contributed by atoms with van der Waals surface area (Å²) >= 11 is 0. The van der Waals surface area contributed by atoms with Crippen LogP contribution in [0.3, 0.4) is 0 Å². The summed E-state index contributed by atoms with van der Waals surface area (Å²) in [5, 5.41) is 0. The van der Waals surface area contributed by atoms with E-state index in [0.29, 0.717) is 5.56 Å². The third kappa shape index (κ3) is 3.40. The first kappa shape index (κ1) is 15.5. The molecule has 0 bridgehead atoms. The van der Waals surface area contributed by atoms with E-state index in [2.05, 4.69) is 5.43 Å². The van der Waals surface area contributed by atoms with E-state index in [4.69, 9.17) is 5.84 Å². The molecule has 0 aliphatic carbocycles. The Labute approximate surface area is 119 Å². The van der Waals surface area contributed by atoms with Crippen molar-refractivity contribution >= 4 is 0 Å². The highest BCUT2D eigenvalue weighted by Gasteiger charge is 2.34. The number of hydrogen-bond acceptors (Lipinski definition) is 2. The van der Waals surface area contributed by atoms with E-state index >= 15 is 0 Å². The molecule has 0 saturated carbocycles. The molecule has 0 radical (unpaired) electrons. The van der Waals surface area contributed by atoms with Crippen LogP contribution in [0.5, 0.6) is 0 Å². The fourth-order valence-corrected chi connectivity index (χ4v) is 2.17. The molecule has 1 unspecified atom stereocenters. The molecule has 0 spiro atoms. The van der Waals surface area contributed by atoms with Crippen LogP contribution < -0.4 is 11.3 Å². The summed E-state index contributed by atoms with van der Waals surface area (Å²) in [6.07, 6.45) is -4.74. The maximum absolute atomic E-state index is 13.3. The Hall–Kier alpha value is -1.92. The Bertz CT molecular complexity index is 638. The number of aryl methyl sites for hydroxylation is 1. The van der Waals surface area contributed by atoms with Crippen molar-refractivity contribution in [3.63, 3.8) is 0 Å². The quantitative estimate of drug-likeness (QED) is 0.515. The van der Waals surface area contributed by atoms with Crippen LogP contribution in [-0.4, -0.2) is 0 Å². The second-order valence-corrected chi connectivity index (χ2v) is 4.75. The van der Waals surface area contributed by atoms with E-state index < -0.39 is 23.6 Å². The molecule has 2 nitrogen and oxygen atoms in total. The number of alkyl halides is 3. The Kier molecular flexibility index (Phi) is 4.29. The van der Waals surface area contributed by atoms with Crippen molar-refractivity contribution in [2.75, 3.05) is 0 Å². The fourth-order valence-electron chi connectivity index (χ4n) is 2.17. The summed E-state index contributed by atoms with van der Waals surface area (Å²) in [4.78, 5) is 0. The van der Waals surface area contributed by atoms with Gasteiger partial charge >= 0.3 is 6.18 Å². The molecule has 3 N–H and O–H groups in total. The van der Waals surface area contributed by atoms with Crippen molar-refractivity contribution in [2.24, 2.45) is 5.84 Å². The maximum Gasteiger partial charge on any atom is 0.419 e. The lowest BCUT2D eigenvalue weighted by Crippen LogP contribution is -2.29. The van der Waals surface area contributed by atoms with Crippen LogP contribution in [0.1, 0.15) is 28.3 Å². The van der Waals surface area contributed by atoms with E-state index in [1.807, 2.05) is 13.0 Å². The third-order valence-electron chi connectivity index (χ3n) is 3.17. The smallest absolute Gasteiger partial charge is 0.271 e. The molecule has 0 aliphatic heterocycles. The zero-order chi connectivity index (χ0) is 15.6. The average Bonchev–Trinajstić information content (AvgIpc) is 2.40. The standard InChI is InChI=1S/C15H14F4N2/c1-9-3-2-4-10(7-9)14(21-20)11-5-6-13(16)12(8-11)15(17,18)19/h2-8,14,21H,20H2,1H3. The highest BCUT2D eigenvalue weighted by Crippen LogP contribution is 2.34. The summed E-state index contributed by atoms with van der Waals surface area (Å²) in [5.41, 5.74) is 3.07. The highest BCUT2D eigenvalue weighted by molar-refractivity contribution is 5.37. The van der Waals surface area contributed by atoms with Crippen molar-refractivity contribution in [3.8, 4) is 0 Å². The molecule has 21 heavy (non-hydrogen) atoms. The van der Waals surface area contributed by atoms with Crippen molar-refractivity contribution in [1.82, 2.24) is 5.43 Å². The second kappa shape index (κ2) is 5.83. The molecular weight excluding hydrogens is 284 g/mol. The topological polar surface area (TPSA) is 38.0 Å². The third-order valence-corrected chi connectivity index (χ3v) is 3.17. The van der Waals surface area contributed by atoms with Gasteiger partial charge in [0.2, 0.25) is 0 Å². The summed E-state index contributed by atoms with van der Waals surface area (Å²) in [6.45, 7) is 1.86. The summed E-state index contributed by atoms with van der Waals surface area (Å²) in [5.74, 6) is 4.16. The number of nitrogens with two attached hydrogens (primary N) is 1. The van der Waals surface area contributed by atoms with Gasteiger partial charge in [-0.05, 0) is 30.2 Å². The van der Waals surface area contributed by atoms with Crippen molar-refractivity contribution in [3.05, 3.63) is 70.5 Å². The van der Waals surface area contributed by atoms with E-state index in [0.717, 1.165) is 17.7 Å². The molecular formula is C15H14F4N2. The lowest BCUT2D eigenvalue weighted by molar-refractivity contribution is -0.140. The van der Waals surface area contributed by atoms with Crippen LogP contribution in [0.15, 0.2) is 42.5 Å². The van der Waals surface area contributed by atoms with Gasteiger partial charge in [-0.1, -0.05) is 35.9 Å². The van der Waals surface area contributed by atoms with Gasteiger partial charge in [-0.2, -0.15) is 13.2 Å². The predicted octanol–water partition coefficient (Wildman–Crippen LogP) is 3.71. The SMILES string of the molecule is Cc1cccc(C(NN)c2ccc(F)c(C(F)(F)F)c2)c1. The molecule has 6 heteroatoms. The average molecular weight is 298 g/mol. The first-order valence-electron chi connectivity index (χ1n) is 6.22. The zero-order valence-corrected chi connectivity index (χ0v) is 11.2. The Balaban J connectivity index is 2.49. The van der Waals surface area contributed by atoms with Crippen molar-refractivity contribution in [2.45, 2.75) is 19.1 Å². The maximum atomic E-state index is 13.3. The van der Waals surface area contributed by atoms with Crippen LogP contribution in [0.4, 0.5) is 17.6 Å². The molecule has 2 aromatic carbocycles. The first-order valence-corrected chi connectivity index (χ1v) is 6.22. The van der Waals surface area contributed by atoms with Gasteiger partial charge in [-0.15, -0.1) is 0 Å². The monoisotopic (exact) mass is 298 g/mol. The Morgan fingerprint density at radius 3 is 2.29 bits per heavy atom. The molecule has 0 aromatic heterocycles. The fraction of sp³-hybridized carbons (Fsp3) is 0.200. The summed E-state index contributed by atoms with van der Waals surface area (Å²) in [6, 6.07) is 9.42. The molecule has 0 heterocycles. The minimum Gasteiger partial charge on any atom is -0.271 e. The van der Waals surface area contributed by atoms with Gasteiger partial charge < -0.3 is 0 Å². The minimum atomic E-state index is -4.74. The molecule has 1 atom stereocenters. The number of hydrogen-bond donors (Lipinski definition) is 2.